The molecule has 1 aliphatic rings. The summed E-state index contributed by atoms with van der Waals surface area (Å²) in [5, 5.41) is 0.268. The number of benzene rings is 2. The summed E-state index contributed by atoms with van der Waals surface area (Å²) in [7, 11) is -3.61. The van der Waals surface area contributed by atoms with Gasteiger partial charge in [0.2, 0.25) is 0 Å². The molecule has 0 saturated heterocycles. The van der Waals surface area contributed by atoms with Gasteiger partial charge in [-0.05, 0) is 48.9 Å². The second kappa shape index (κ2) is 6.10. The Bertz CT molecular complexity index is 876. The largest absolute Gasteiger partial charge is 0.294 e. The van der Waals surface area contributed by atoms with E-state index in [1.807, 2.05) is 0 Å². The summed E-state index contributed by atoms with van der Waals surface area (Å²) < 4.78 is 25.2. The lowest BCUT2D eigenvalue weighted by Gasteiger charge is -2.05. The van der Waals surface area contributed by atoms with E-state index in [0.29, 0.717) is 17.0 Å². The van der Waals surface area contributed by atoms with Gasteiger partial charge in [0.05, 0.1) is 20.2 Å². The zero-order valence-electron chi connectivity index (χ0n) is 11.7. The summed E-state index contributed by atoms with van der Waals surface area (Å²) >= 11 is 17.5. The van der Waals surface area contributed by atoms with Crippen molar-refractivity contribution in [2.45, 2.75) is 16.6 Å². The highest BCUT2D eigenvalue weighted by molar-refractivity contribution is 7.92. The average Bonchev–Trinajstić information content (AvgIpc) is 3.31. The minimum absolute atomic E-state index is 0.0864. The number of carbonyl (C=O) groups excluding carboxylic acids is 1. The van der Waals surface area contributed by atoms with Crippen molar-refractivity contribution in [3.8, 4) is 0 Å². The maximum absolute atomic E-state index is 12.6. The first-order chi connectivity index (χ1) is 10.8. The van der Waals surface area contributed by atoms with Crippen molar-refractivity contribution in [3.63, 3.8) is 0 Å². The van der Waals surface area contributed by atoms with Crippen LogP contribution in [0.5, 0.6) is 0 Å². The van der Waals surface area contributed by atoms with Crippen LogP contribution in [-0.4, -0.2) is 19.5 Å². The Morgan fingerprint density at radius 2 is 1.61 bits per heavy atom. The Morgan fingerprint density at radius 1 is 0.957 bits per heavy atom. The molecule has 120 valence electrons. The van der Waals surface area contributed by atoms with Crippen molar-refractivity contribution in [3.05, 3.63) is 63.1 Å². The van der Waals surface area contributed by atoms with Crippen LogP contribution in [0, 0.1) is 5.92 Å². The van der Waals surface area contributed by atoms with E-state index in [4.69, 9.17) is 34.8 Å². The SMILES string of the molecule is O=C(c1ccc(Cl)cc1)[C@@H]1C[C@H]1S(=O)(=O)c1ccc(Cl)c(Cl)c1. The van der Waals surface area contributed by atoms with Crippen LogP contribution in [0.15, 0.2) is 47.4 Å². The third-order valence-corrected chi connectivity index (χ3v) is 7.04. The van der Waals surface area contributed by atoms with Gasteiger partial charge in [0.1, 0.15) is 0 Å². The highest BCUT2D eigenvalue weighted by Gasteiger charge is 2.52. The molecule has 7 heteroatoms. The van der Waals surface area contributed by atoms with Gasteiger partial charge in [-0.3, -0.25) is 4.79 Å². The van der Waals surface area contributed by atoms with Crippen molar-refractivity contribution < 1.29 is 13.2 Å². The third-order valence-electron chi connectivity index (χ3n) is 3.82. The molecule has 2 atom stereocenters. The molecule has 0 heterocycles. The van der Waals surface area contributed by atoms with E-state index in [1.54, 1.807) is 24.3 Å². The summed E-state index contributed by atoms with van der Waals surface area (Å²) in [6, 6.07) is 10.6. The fourth-order valence-electron chi connectivity index (χ4n) is 2.45. The molecule has 0 aromatic heterocycles. The van der Waals surface area contributed by atoms with Crippen LogP contribution in [-0.2, 0) is 9.84 Å². The molecule has 0 unspecified atom stereocenters. The number of rotatable bonds is 4. The second-order valence-corrected chi connectivity index (χ2v) is 8.79. The first-order valence-corrected chi connectivity index (χ1v) is 9.47. The Morgan fingerprint density at radius 3 is 2.22 bits per heavy atom. The molecule has 2 aromatic rings. The molecular formula is C16H11Cl3O3S. The molecule has 0 spiro atoms. The van der Waals surface area contributed by atoms with E-state index in [0.717, 1.165) is 0 Å². The second-order valence-electron chi connectivity index (χ2n) is 5.37. The van der Waals surface area contributed by atoms with Crippen LogP contribution in [0.25, 0.3) is 0 Å². The van der Waals surface area contributed by atoms with E-state index in [9.17, 15) is 13.2 Å². The van der Waals surface area contributed by atoms with Crippen LogP contribution in [0.4, 0.5) is 0 Å². The maximum atomic E-state index is 12.6. The molecule has 0 radical (unpaired) electrons. The van der Waals surface area contributed by atoms with Crippen LogP contribution >= 0.6 is 34.8 Å². The zero-order valence-corrected chi connectivity index (χ0v) is 14.8. The number of hydrogen-bond acceptors (Lipinski definition) is 3. The van der Waals surface area contributed by atoms with Gasteiger partial charge < -0.3 is 0 Å². The lowest BCUT2D eigenvalue weighted by Crippen LogP contribution is -2.14. The fraction of sp³-hybridized carbons (Fsp3) is 0.188. The number of hydrogen-bond donors (Lipinski definition) is 0. The minimum Gasteiger partial charge on any atom is -0.294 e. The van der Waals surface area contributed by atoms with Crippen LogP contribution in [0.3, 0.4) is 0 Å². The topological polar surface area (TPSA) is 51.2 Å². The van der Waals surface area contributed by atoms with Crippen LogP contribution < -0.4 is 0 Å². The molecule has 0 N–H and O–H groups in total. The minimum atomic E-state index is -3.61. The molecule has 1 saturated carbocycles. The molecule has 1 aliphatic carbocycles. The van der Waals surface area contributed by atoms with Gasteiger partial charge in [-0.2, -0.15) is 0 Å². The van der Waals surface area contributed by atoms with Crippen LogP contribution in [0.2, 0.25) is 15.1 Å². The molecular weight excluding hydrogens is 379 g/mol. The van der Waals surface area contributed by atoms with Crippen molar-refractivity contribution in [1.29, 1.82) is 0 Å². The van der Waals surface area contributed by atoms with E-state index in [-0.39, 0.29) is 20.7 Å². The number of carbonyl (C=O) groups is 1. The monoisotopic (exact) mass is 388 g/mol. The summed E-state index contributed by atoms with van der Waals surface area (Å²) in [5.41, 5.74) is 0.464. The van der Waals surface area contributed by atoms with Gasteiger partial charge >= 0.3 is 0 Å². The molecule has 1 fully saturated rings. The quantitative estimate of drug-likeness (QED) is 0.713. The Kier molecular flexibility index (Phi) is 4.45. The Balaban J connectivity index is 1.82. The van der Waals surface area contributed by atoms with Crippen molar-refractivity contribution in [2.75, 3.05) is 0 Å². The van der Waals surface area contributed by atoms with Gasteiger partial charge in [0.25, 0.3) is 0 Å². The normalized spacial score (nSPS) is 20.3. The molecule has 23 heavy (non-hydrogen) atoms. The van der Waals surface area contributed by atoms with Gasteiger partial charge in [-0.15, -0.1) is 0 Å². The third kappa shape index (κ3) is 3.26. The molecule has 3 nitrogen and oxygen atoms in total. The van der Waals surface area contributed by atoms with Gasteiger partial charge in [-0.1, -0.05) is 34.8 Å². The lowest BCUT2D eigenvalue weighted by molar-refractivity contribution is 0.0968. The number of sulfone groups is 1. The first-order valence-electron chi connectivity index (χ1n) is 6.79. The fourth-order valence-corrected chi connectivity index (χ4v) is 4.84. The van der Waals surface area contributed by atoms with Crippen molar-refractivity contribution in [1.82, 2.24) is 0 Å². The number of ketones is 1. The van der Waals surface area contributed by atoms with E-state index in [1.165, 1.54) is 18.2 Å². The molecule has 0 bridgehead atoms. The number of Topliss-reactive ketones (excluding diaryl/α,β-unsaturated/α-hetero) is 1. The predicted octanol–water partition coefficient (Wildman–Crippen LogP) is 4.69. The first kappa shape index (κ1) is 16.8. The summed E-state index contributed by atoms with van der Waals surface area (Å²) in [6.45, 7) is 0. The standard InChI is InChI=1S/C16H11Cl3O3S/c17-10-3-1-9(2-4-10)16(20)12-8-15(12)23(21,22)11-5-6-13(18)14(19)7-11/h1-7,12,15H,8H2/t12-,15-/m1/s1. The molecule has 0 amide bonds. The Hall–Kier alpha value is -1.07. The number of halogens is 3. The van der Waals surface area contributed by atoms with Crippen molar-refractivity contribution in [2.24, 2.45) is 5.92 Å². The average molecular weight is 390 g/mol. The Labute approximate surface area is 149 Å². The summed E-state index contributed by atoms with van der Waals surface area (Å²) in [6.07, 6.45) is 0.310. The molecule has 0 aliphatic heterocycles. The van der Waals surface area contributed by atoms with E-state index >= 15 is 0 Å². The zero-order chi connectivity index (χ0) is 16.8. The smallest absolute Gasteiger partial charge is 0.182 e. The molecule has 3 rings (SSSR count). The predicted molar refractivity (Wildman–Crippen MR) is 91.3 cm³/mol. The molecule has 2 aromatic carbocycles. The van der Waals surface area contributed by atoms with Gasteiger partial charge in [0, 0.05) is 16.5 Å². The van der Waals surface area contributed by atoms with Crippen LogP contribution in [0.1, 0.15) is 16.8 Å². The highest BCUT2D eigenvalue weighted by Crippen LogP contribution is 2.43. The van der Waals surface area contributed by atoms with Crippen molar-refractivity contribution >= 4 is 50.4 Å². The van der Waals surface area contributed by atoms with E-state index in [2.05, 4.69) is 0 Å². The van der Waals surface area contributed by atoms with E-state index < -0.39 is 21.0 Å². The summed E-state index contributed by atoms with van der Waals surface area (Å²) in [5.74, 6) is -0.717. The summed E-state index contributed by atoms with van der Waals surface area (Å²) in [4.78, 5) is 12.5. The highest BCUT2D eigenvalue weighted by atomic mass is 35.5. The maximum Gasteiger partial charge on any atom is 0.182 e. The lowest BCUT2D eigenvalue weighted by atomic mass is 10.1. The van der Waals surface area contributed by atoms with Gasteiger partial charge in [0.15, 0.2) is 15.6 Å². The van der Waals surface area contributed by atoms with Gasteiger partial charge in [-0.25, -0.2) is 8.42 Å².